The highest BCUT2D eigenvalue weighted by molar-refractivity contribution is 7.98. The van der Waals surface area contributed by atoms with Crippen LogP contribution in [0, 0.1) is 0 Å². The first kappa shape index (κ1) is 28.5. The van der Waals surface area contributed by atoms with Crippen molar-refractivity contribution in [1.29, 1.82) is 0 Å². The highest BCUT2D eigenvalue weighted by atomic mass is 32.2. The molecular weight excluding hydrogens is 538 g/mol. The number of ether oxygens (including phenoxy) is 2. The van der Waals surface area contributed by atoms with Gasteiger partial charge >= 0.3 is 0 Å². The topological polar surface area (TPSA) is 105 Å². The molecule has 206 valence electrons. The second kappa shape index (κ2) is 13.0. The van der Waals surface area contributed by atoms with E-state index in [2.05, 4.69) is 5.32 Å². The lowest BCUT2D eigenvalue weighted by Gasteiger charge is -2.28. The van der Waals surface area contributed by atoms with E-state index in [1.807, 2.05) is 6.26 Å². The number of hydrogen-bond donors (Lipinski definition) is 1. The Morgan fingerprint density at radius 3 is 2.36 bits per heavy atom. The number of carbonyl (C=O) groups is 2. The van der Waals surface area contributed by atoms with Crippen LogP contribution in [0.25, 0.3) is 0 Å². The van der Waals surface area contributed by atoms with Gasteiger partial charge in [-0.2, -0.15) is 0 Å². The maximum atomic E-state index is 13.9. The first-order valence-corrected chi connectivity index (χ1v) is 15.2. The van der Waals surface area contributed by atoms with Crippen LogP contribution in [-0.4, -0.2) is 70.8 Å². The van der Waals surface area contributed by atoms with Crippen molar-refractivity contribution in [2.24, 2.45) is 0 Å². The number of sulfonamides is 1. The minimum Gasteiger partial charge on any atom is -0.492 e. The SMILES string of the molecule is CCOc1ccccc1N(CC(=O)Nc1ccccc1C(=O)N1CCOCC1)S(=O)(=O)c1ccc(SC)cc1. The third-order valence-corrected chi connectivity index (χ3v) is 8.62. The maximum absolute atomic E-state index is 13.9. The zero-order valence-electron chi connectivity index (χ0n) is 21.8. The molecule has 3 aromatic carbocycles. The van der Waals surface area contributed by atoms with Crippen molar-refractivity contribution in [3.63, 3.8) is 0 Å². The average molecular weight is 570 g/mol. The van der Waals surface area contributed by atoms with Gasteiger partial charge in [0, 0.05) is 18.0 Å². The summed E-state index contributed by atoms with van der Waals surface area (Å²) in [5, 5.41) is 2.76. The summed E-state index contributed by atoms with van der Waals surface area (Å²) >= 11 is 1.50. The fourth-order valence-corrected chi connectivity index (χ4v) is 5.99. The Balaban J connectivity index is 1.65. The summed E-state index contributed by atoms with van der Waals surface area (Å²) in [6.45, 7) is 3.39. The van der Waals surface area contributed by atoms with E-state index in [1.165, 1.54) is 23.9 Å². The van der Waals surface area contributed by atoms with E-state index in [1.54, 1.807) is 72.5 Å². The Kier molecular flexibility index (Phi) is 9.50. The summed E-state index contributed by atoms with van der Waals surface area (Å²) in [7, 11) is -4.16. The predicted octanol–water partition coefficient (Wildman–Crippen LogP) is 4.11. The molecule has 39 heavy (non-hydrogen) atoms. The van der Waals surface area contributed by atoms with Crippen LogP contribution in [0.5, 0.6) is 5.75 Å². The van der Waals surface area contributed by atoms with Crippen molar-refractivity contribution < 1.29 is 27.5 Å². The number of anilines is 2. The van der Waals surface area contributed by atoms with Crippen LogP contribution in [0.3, 0.4) is 0 Å². The molecule has 0 saturated carbocycles. The second-order valence-corrected chi connectivity index (χ2v) is 11.3. The third-order valence-electron chi connectivity index (χ3n) is 6.10. The van der Waals surface area contributed by atoms with E-state index < -0.39 is 22.5 Å². The third kappa shape index (κ3) is 6.73. The number of nitrogens with zero attached hydrogens (tertiary/aromatic N) is 2. The molecule has 11 heteroatoms. The van der Waals surface area contributed by atoms with Crippen molar-refractivity contribution in [3.05, 3.63) is 78.4 Å². The standard InChI is InChI=1S/C28H31N3O6S2/c1-3-37-26-11-7-6-10-25(26)31(39(34,35)22-14-12-21(38-2)13-15-22)20-27(32)29-24-9-5-4-8-23(24)28(33)30-16-18-36-19-17-30/h4-15H,3,16-20H2,1-2H3,(H,29,32). The minimum atomic E-state index is -4.16. The Bertz CT molecular complexity index is 1410. The summed E-state index contributed by atoms with van der Waals surface area (Å²) in [6.07, 6.45) is 1.90. The van der Waals surface area contributed by atoms with Crippen LogP contribution < -0.4 is 14.4 Å². The number of morpholine rings is 1. The van der Waals surface area contributed by atoms with Gasteiger partial charge in [0.15, 0.2) is 0 Å². The molecule has 1 heterocycles. The van der Waals surface area contributed by atoms with Gasteiger partial charge in [0.05, 0.1) is 41.7 Å². The minimum absolute atomic E-state index is 0.0438. The van der Waals surface area contributed by atoms with Gasteiger partial charge in [0.2, 0.25) is 5.91 Å². The van der Waals surface area contributed by atoms with E-state index in [4.69, 9.17) is 9.47 Å². The second-order valence-electron chi connectivity index (χ2n) is 8.59. The number of thioether (sulfide) groups is 1. The molecule has 1 saturated heterocycles. The van der Waals surface area contributed by atoms with Crippen LogP contribution in [0.2, 0.25) is 0 Å². The number of nitrogens with one attached hydrogen (secondary N) is 1. The summed E-state index contributed by atoms with van der Waals surface area (Å²) in [6, 6.07) is 19.8. The zero-order valence-corrected chi connectivity index (χ0v) is 23.5. The molecule has 4 rings (SSSR count). The highest BCUT2D eigenvalue weighted by Gasteiger charge is 2.30. The van der Waals surface area contributed by atoms with Gasteiger partial charge in [0.1, 0.15) is 12.3 Å². The summed E-state index contributed by atoms with van der Waals surface area (Å²) in [5.41, 5.74) is 0.865. The molecule has 0 radical (unpaired) electrons. The molecule has 3 aromatic rings. The van der Waals surface area contributed by atoms with Crippen LogP contribution in [0.4, 0.5) is 11.4 Å². The molecule has 1 aliphatic rings. The molecule has 0 aromatic heterocycles. The fraction of sp³-hybridized carbons (Fsp3) is 0.286. The molecule has 0 atom stereocenters. The Labute approximate surface area is 233 Å². The summed E-state index contributed by atoms with van der Waals surface area (Å²) in [5.74, 6) is -0.498. The van der Waals surface area contributed by atoms with Crippen molar-refractivity contribution in [1.82, 2.24) is 4.90 Å². The Hall–Kier alpha value is -3.54. The lowest BCUT2D eigenvalue weighted by molar-refractivity contribution is -0.114. The molecule has 1 N–H and O–H groups in total. The van der Waals surface area contributed by atoms with Gasteiger partial charge in [-0.15, -0.1) is 11.8 Å². The van der Waals surface area contributed by atoms with E-state index in [9.17, 15) is 18.0 Å². The fourth-order valence-electron chi connectivity index (χ4n) is 4.15. The maximum Gasteiger partial charge on any atom is 0.264 e. The molecule has 0 aliphatic carbocycles. The van der Waals surface area contributed by atoms with Crippen LogP contribution >= 0.6 is 11.8 Å². The van der Waals surface area contributed by atoms with Gasteiger partial charge in [-0.05, 0) is 61.7 Å². The first-order chi connectivity index (χ1) is 18.8. The normalized spacial score (nSPS) is 13.5. The lowest BCUT2D eigenvalue weighted by atomic mass is 10.1. The van der Waals surface area contributed by atoms with Crippen LogP contribution in [0.1, 0.15) is 17.3 Å². The number of para-hydroxylation sites is 3. The average Bonchev–Trinajstić information content (AvgIpc) is 2.97. The number of carbonyl (C=O) groups excluding carboxylic acids is 2. The van der Waals surface area contributed by atoms with Crippen molar-refractivity contribution in [3.8, 4) is 5.75 Å². The number of rotatable bonds is 10. The molecule has 0 unspecified atom stereocenters. The van der Waals surface area contributed by atoms with Crippen molar-refractivity contribution in [2.45, 2.75) is 16.7 Å². The number of hydrogen-bond acceptors (Lipinski definition) is 7. The number of amides is 2. The lowest BCUT2D eigenvalue weighted by Crippen LogP contribution is -2.41. The molecule has 0 bridgehead atoms. The van der Waals surface area contributed by atoms with Crippen LogP contribution in [0.15, 0.2) is 82.6 Å². The summed E-state index contributed by atoms with van der Waals surface area (Å²) < 4.78 is 39.8. The molecule has 1 fully saturated rings. The highest BCUT2D eigenvalue weighted by Crippen LogP contribution is 2.33. The van der Waals surface area contributed by atoms with E-state index >= 15 is 0 Å². The van der Waals surface area contributed by atoms with E-state index in [0.717, 1.165) is 9.20 Å². The molecule has 0 spiro atoms. The van der Waals surface area contributed by atoms with E-state index in [0.29, 0.717) is 49.9 Å². The van der Waals surface area contributed by atoms with Gasteiger partial charge in [0.25, 0.3) is 15.9 Å². The van der Waals surface area contributed by atoms with Gasteiger partial charge in [-0.1, -0.05) is 24.3 Å². The predicted molar refractivity (Wildman–Crippen MR) is 152 cm³/mol. The number of benzene rings is 3. The van der Waals surface area contributed by atoms with Gasteiger partial charge < -0.3 is 19.7 Å². The smallest absolute Gasteiger partial charge is 0.264 e. The molecular formula is C28H31N3O6S2. The molecule has 1 aliphatic heterocycles. The first-order valence-electron chi connectivity index (χ1n) is 12.5. The quantitative estimate of drug-likeness (QED) is 0.366. The zero-order chi connectivity index (χ0) is 27.8. The largest absolute Gasteiger partial charge is 0.492 e. The van der Waals surface area contributed by atoms with E-state index in [-0.39, 0.29) is 16.5 Å². The van der Waals surface area contributed by atoms with Gasteiger partial charge in [-0.3, -0.25) is 13.9 Å². The Morgan fingerprint density at radius 2 is 1.67 bits per heavy atom. The monoisotopic (exact) mass is 569 g/mol. The van der Waals surface area contributed by atoms with Crippen molar-refractivity contribution >= 4 is 45.0 Å². The summed E-state index contributed by atoms with van der Waals surface area (Å²) in [4.78, 5) is 29.2. The molecule has 2 amide bonds. The van der Waals surface area contributed by atoms with Crippen LogP contribution in [-0.2, 0) is 19.6 Å². The molecule has 9 nitrogen and oxygen atoms in total. The van der Waals surface area contributed by atoms with Gasteiger partial charge in [-0.25, -0.2) is 8.42 Å². The Morgan fingerprint density at radius 1 is 1.00 bits per heavy atom. The van der Waals surface area contributed by atoms with Crippen molar-refractivity contribution in [2.75, 3.05) is 55.3 Å².